The number of carbonyl (C=O) groups excluding carboxylic acids is 2. The summed E-state index contributed by atoms with van der Waals surface area (Å²) < 4.78 is 0.672. The highest BCUT2D eigenvalue weighted by atomic mass is 79.9. The van der Waals surface area contributed by atoms with Crippen molar-refractivity contribution >= 4 is 33.4 Å². The lowest BCUT2D eigenvalue weighted by molar-refractivity contribution is -0.129. The number of rotatable bonds is 3. The average Bonchev–Trinajstić information content (AvgIpc) is 2.92. The second-order valence-corrected chi connectivity index (χ2v) is 5.36. The predicted octanol–water partition coefficient (Wildman–Crippen LogP) is 1.38. The monoisotopic (exact) mass is 325 g/mol. The molecule has 102 valence electrons. The number of carbonyl (C=O) groups is 2. The number of nitrogen functional groups attached to an aromatic ring is 1. The highest BCUT2D eigenvalue weighted by Crippen LogP contribution is 2.20. The molecule has 1 saturated heterocycles. The summed E-state index contributed by atoms with van der Waals surface area (Å²) >= 11 is 3.27. The van der Waals surface area contributed by atoms with Crippen LogP contribution in [-0.2, 0) is 4.79 Å². The van der Waals surface area contributed by atoms with E-state index in [9.17, 15) is 9.59 Å². The first kappa shape index (κ1) is 13.9. The lowest BCUT2D eigenvalue weighted by Crippen LogP contribution is -2.38. The van der Waals surface area contributed by atoms with Crippen molar-refractivity contribution < 1.29 is 9.59 Å². The summed E-state index contributed by atoms with van der Waals surface area (Å²) in [5.41, 5.74) is 6.71. The summed E-state index contributed by atoms with van der Waals surface area (Å²) in [5.74, 6) is -0.298. The van der Waals surface area contributed by atoms with Crippen LogP contribution in [0, 0.1) is 0 Å². The summed E-state index contributed by atoms with van der Waals surface area (Å²) in [6.45, 7) is 1.63. The van der Waals surface area contributed by atoms with Gasteiger partial charge in [-0.2, -0.15) is 0 Å². The molecule has 0 radical (unpaired) electrons. The molecule has 0 aromatic heterocycles. The molecule has 19 heavy (non-hydrogen) atoms. The quantitative estimate of drug-likeness (QED) is 0.824. The molecule has 2 rings (SSSR count). The zero-order valence-corrected chi connectivity index (χ0v) is 12.1. The Morgan fingerprint density at radius 3 is 2.63 bits per heavy atom. The van der Waals surface area contributed by atoms with E-state index < -0.39 is 0 Å². The molecular formula is C13H16BrN3O2. The molecule has 1 aromatic rings. The van der Waals surface area contributed by atoms with E-state index in [-0.39, 0.29) is 18.4 Å². The molecule has 0 saturated carbocycles. The fraction of sp³-hybridized carbons (Fsp3) is 0.385. The van der Waals surface area contributed by atoms with Crippen molar-refractivity contribution in [1.29, 1.82) is 0 Å². The molecule has 2 amide bonds. The highest BCUT2D eigenvalue weighted by Gasteiger charge is 2.18. The minimum absolute atomic E-state index is 0.0274. The molecule has 5 nitrogen and oxygen atoms in total. The molecule has 6 heteroatoms. The number of hydrogen-bond acceptors (Lipinski definition) is 3. The summed E-state index contributed by atoms with van der Waals surface area (Å²) in [6, 6.07) is 4.93. The summed E-state index contributed by atoms with van der Waals surface area (Å²) in [6.07, 6.45) is 2.09. The average molecular weight is 326 g/mol. The van der Waals surface area contributed by atoms with Crippen molar-refractivity contribution in [1.82, 2.24) is 10.2 Å². The van der Waals surface area contributed by atoms with E-state index >= 15 is 0 Å². The van der Waals surface area contributed by atoms with Gasteiger partial charge in [0.25, 0.3) is 5.91 Å². The van der Waals surface area contributed by atoms with Crippen LogP contribution in [0.4, 0.5) is 5.69 Å². The van der Waals surface area contributed by atoms with Gasteiger partial charge in [-0.15, -0.1) is 0 Å². The fourth-order valence-electron chi connectivity index (χ4n) is 2.00. The standard InChI is InChI=1S/C13H16BrN3O2/c14-10-7-9(3-4-11(10)15)13(19)16-8-12(18)17-5-1-2-6-17/h3-4,7H,1-2,5-6,8,15H2,(H,16,19). The Kier molecular flexibility index (Phi) is 4.42. The minimum Gasteiger partial charge on any atom is -0.398 e. The van der Waals surface area contributed by atoms with Gasteiger partial charge in [0, 0.05) is 28.8 Å². The number of benzene rings is 1. The molecule has 1 fully saturated rings. The van der Waals surface area contributed by atoms with Gasteiger partial charge in [0.2, 0.25) is 5.91 Å². The number of likely N-dealkylation sites (tertiary alicyclic amines) is 1. The molecule has 0 spiro atoms. The Hall–Kier alpha value is -1.56. The number of nitrogens with zero attached hydrogens (tertiary/aromatic N) is 1. The third-order valence-corrected chi connectivity index (χ3v) is 3.81. The van der Waals surface area contributed by atoms with E-state index in [4.69, 9.17) is 5.73 Å². The number of halogens is 1. The molecule has 0 bridgehead atoms. The van der Waals surface area contributed by atoms with Crippen molar-refractivity contribution in [2.45, 2.75) is 12.8 Å². The van der Waals surface area contributed by atoms with Gasteiger partial charge in [-0.25, -0.2) is 0 Å². The lowest BCUT2D eigenvalue weighted by Gasteiger charge is -2.15. The molecule has 3 N–H and O–H groups in total. The Morgan fingerprint density at radius 1 is 1.32 bits per heavy atom. The Bertz CT molecular complexity index is 499. The van der Waals surface area contributed by atoms with E-state index in [2.05, 4.69) is 21.2 Å². The third kappa shape index (κ3) is 3.47. The lowest BCUT2D eigenvalue weighted by atomic mass is 10.2. The summed E-state index contributed by atoms with van der Waals surface area (Å²) in [4.78, 5) is 25.4. The van der Waals surface area contributed by atoms with E-state index in [0.29, 0.717) is 15.7 Å². The highest BCUT2D eigenvalue weighted by molar-refractivity contribution is 9.10. The number of nitrogens with two attached hydrogens (primary N) is 1. The van der Waals surface area contributed by atoms with Gasteiger partial charge in [0.05, 0.1) is 6.54 Å². The fourth-order valence-corrected chi connectivity index (χ4v) is 2.38. The topological polar surface area (TPSA) is 75.4 Å². The maximum absolute atomic E-state index is 11.9. The van der Waals surface area contributed by atoms with Crippen LogP contribution in [0.25, 0.3) is 0 Å². The van der Waals surface area contributed by atoms with E-state index in [1.807, 2.05) is 0 Å². The molecule has 0 atom stereocenters. The largest absolute Gasteiger partial charge is 0.398 e. The van der Waals surface area contributed by atoms with Crippen LogP contribution in [0.5, 0.6) is 0 Å². The molecule has 1 aromatic carbocycles. The first-order valence-electron chi connectivity index (χ1n) is 6.19. The Balaban J connectivity index is 1.90. The van der Waals surface area contributed by atoms with Crippen LogP contribution in [0.15, 0.2) is 22.7 Å². The zero-order chi connectivity index (χ0) is 13.8. The number of anilines is 1. The van der Waals surface area contributed by atoms with Crippen LogP contribution in [-0.4, -0.2) is 36.3 Å². The Labute approximate surface area is 120 Å². The van der Waals surface area contributed by atoms with Gasteiger partial charge in [0.15, 0.2) is 0 Å². The van der Waals surface area contributed by atoms with Crippen LogP contribution >= 0.6 is 15.9 Å². The maximum Gasteiger partial charge on any atom is 0.251 e. The van der Waals surface area contributed by atoms with E-state index in [0.717, 1.165) is 25.9 Å². The SMILES string of the molecule is Nc1ccc(C(=O)NCC(=O)N2CCCC2)cc1Br. The van der Waals surface area contributed by atoms with Crippen LogP contribution in [0.2, 0.25) is 0 Å². The van der Waals surface area contributed by atoms with Crippen molar-refractivity contribution in [2.75, 3.05) is 25.4 Å². The van der Waals surface area contributed by atoms with Crippen molar-refractivity contribution in [2.24, 2.45) is 0 Å². The third-order valence-electron chi connectivity index (χ3n) is 3.12. The van der Waals surface area contributed by atoms with Crippen molar-refractivity contribution in [3.05, 3.63) is 28.2 Å². The Morgan fingerprint density at radius 2 is 2.00 bits per heavy atom. The summed E-state index contributed by atoms with van der Waals surface area (Å²) in [5, 5.41) is 2.63. The van der Waals surface area contributed by atoms with Gasteiger partial charge < -0.3 is 16.0 Å². The van der Waals surface area contributed by atoms with Crippen LogP contribution < -0.4 is 11.1 Å². The molecule has 1 aliphatic rings. The molecular weight excluding hydrogens is 310 g/mol. The predicted molar refractivity (Wildman–Crippen MR) is 76.7 cm³/mol. The molecule has 0 aliphatic carbocycles. The number of amides is 2. The second kappa shape index (κ2) is 6.06. The van der Waals surface area contributed by atoms with Gasteiger partial charge >= 0.3 is 0 Å². The maximum atomic E-state index is 11.9. The molecule has 1 aliphatic heterocycles. The molecule has 0 unspecified atom stereocenters. The van der Waals surface area contributed by atoms with Gasteiger partial charge in [-0.05, 0) is 47.0 Å². The zero-order valence-electron chi connectivity index (χ0n) is 10.5. The number of hydrogen-bond donors (Lipinski definition) is 2. The summed E-state index contributed by atoms with van der Waals surface area (Å²) in [7, 11) is 0. The van der Waals surface area contributed by atoms with Crippen LogP contribution in [0.3, 0.4) is 0 Å². The smallest absolute Gasteiger partial charge is 0.251 e. The molecule has 1 heterocycles. The minimum atomic E-state index is -0.270. The van der Waals surface area contributed by atoms with Gasteiger partial charge in [-0.1, -0.05) is 0 Å². The first-order valence-corrected chi connectivity index (χ1v) is 6.98. The van der Waals surface area contributed by atoms with Crippen LogP contribution in [0.1, 0.15) is 23.2 Å². The van der Waals surface area contributed by atoms with Crippen molar-refractivity contribution in [3.8, 4) is 0 Å². The van der Waals surface area contributed by atoms with E-state index in [1.165, 1.54) is 0 Å². The van der Waals surface area contributed by atoms with Gasteiger partial charge in [-0.3, -0.25) is 9.59 Å². The number of nitrogens with one attached hydrogen (secondary N) is 1. The second-order valence-electron chi connectivity index (χ2n) is 4.51. The van der Waals surface area contributed by atoms with E-state index in [1.54, 1.807) is 23.1 Å². The van der Waals surface area contributed by atoms with Crippen molar-refractivity contribution in [3.63, 3.8) is 0 Å². The van der Waals surface area contributed by atoms with Gasteiger partial charge in [0.1, 0.15) is 0 Å². The first-order chi connectivity index (χ1) is 9.08. The normalized spacial score (nSPS) is 14.5.